The first-order chi connectivity index (χ1) is 13.1. The molecule has 2 aromatic rings. The maximum absolute atomic E-state index is 12.4. The predicted molar refractivity (Wildman–Crippen MR) is 97.6 cm³/mol. The van der Waals surface area contributed by atoms with Crippen LogP contribution in [0.4, 0.5) is 0 Å². The number of amides is 1. The first-order valence-electron chi connectivity index (χ1n) is 9.17. The lowest BCUT2D eigenvalue weighted by atomic mass is 9.84. The van der Waals surface area contributed by atoms with Crippen LogP contribution in [0.3, 0.4) is 0 Å². The van der Waals surface area contributed by atoms with Crippen LogP contribution in [0.15, 0.2) is 42.7 Å². The van der Waals surface area contributed by atoms with Crippen molar-refractivity contribution in [1.29, 1.82) is 0 Å². The fourth-order valence-electron chi connectivity index (χ4n) is 3.50. The molecule has 0 radical (unpaired) electrons. The molecule has 1 atom stereocenters. The predicted octanol–water partition coefficient (Wildman–Crippen LogP) is 2.00. The molecule has 2 aliphatic heterocycles. The number of hydrogen-bond donors (Lipinski definition) is 0. The number of nitrogens with zero attached hydrogens (tertiary/aromatic N) is 3. The van der Waals surface area contributed by atoms with E-state index in [1.54, 1.807) is 23.4 Å². The molecule has 2 fully saturated rings. The van der Waals surface area contributed by atoms with Crippen LogP contribution in [-0.4, -0.2) is 58.8 Å². The monoisotopic (exact) mass is 369 g/mol. The Morgan fingerprint density at radius 1 is 1.26 bits per heavy atom. The Hall–Kier alpha value is -2.67. The lowest BCUT2D eigenvalue weighted by Crippen LogP contribution is -2.68. The van der Waals surface area contributed by atoms with Crippen molar-refractivity contribution in [2.75, 3.05) is 26.3 Å². The molecule has 3 heterocycles. The highest BCUT2D eigenvalue weighted by Gasteiger charge is 2.50. The van der Waals surface area contributed by atoms with Crippen molar-refractivity contribution in [3.8, 4) is 11.8 Å². The van der Waals surface area contributed by atoms with E-state index in [4.69, 9.17) is 14.2 Å². The second-order valence-electron chi connectivity index (χ2n) is 7.15. The maximum atomic E-state index is 12.4. The summed E-state index contributed by atoms with van der Waals surface area (Å²) in [4.78, 5) is 22.4. The van der Waals surface area contributed by atoms with Crippen LogP contribution in [0, 0.1) is 6.92 Å². The zero-order chi connectivity index (χ0) is 18.7. The van der Waals surface area contributed by atoms with E-state index in [1.807, 2.05) is 31.2 Å². The molecule has 1 aromatic carbocycles. The highest BCUT2D eigenvalue weighted by molar-refractivity contribution is 5.79. The second kappa shape index (κ2) is 7.52. The summed E-state index contributed by atoms with van der Waals surface area (Å²) in [5.41, 5.74) is 0.836. The topological polar surface area (TPSA) is 73.8 Å². The number of likely N-dealkylation sites (tertiary alicyclic amines) is 1. The Balaban J connectivity index is 1.26. The maximum Gasteiger partial charge on any atom is 0.316 e. The highest BCUT2D eigenvalue weighted by Crippen LogP contribution is 2.35. The van der Waals surface area contributed by atoms with Gasteiger partial charge >= 0.3 is 6.01 Å². The van der Waals surface area contributed by atoms with Gasteiger partial charge in [0, 0.05) is 25.2 Å². The van der Waals surface area contributed by atoms with E-state index in [0.29, 0.717) is 31.5 Å². The first kappa shape index (κ1) is 17.7. The Bertz CT molecular complexity index is 776. The van der Waals surface area contributed by atoms with Crippen molar-refractivity contribution >= 4 is 5.91 Å². The molecular weight excluding hydrogens is 346 g/mol. The smallest absolute Gasteiger partial charge is 0.316 e. The minimum absolute atomic E-state index is 0.00205. The molecule has 4 rings (SSSR count). The van der Waals surface area contributed by atoms with Gasteiger partial charge in [0.2, 0.25) is 0 Å². The number of rotatable bonds is 5. The summed E-state index contributed by atoms with van der Waals surface area (Å²) in [7, 11) is 0. The summed E-state index contributed by atoms with van der Waals surface area (Å²) in [6.07, 6.45) is 4.85. The van der Waals surface area contributed by atoms with E-state index in [9.17, 15) is 4.79 Å². The van der Waals surface area contributed by atoms with Gasteiger partial charge in [0.25, 0.3) is 5.91 Å². The van der Waals surface area contributed by atoms with Crippen molar-refractivity contribution in [2.45, 2.75) is 31.5 Å². The van der Waals surface area contributed by atoms with Gasteiger partial charge < -0.3 is 19.1 Å². The van der Waals surface area contributed by atoms with Crippen molar-refractivity contribution in [3.05, 3.63) is 48.3 Å². The molecule has 1 aromatic heterocycles. The third-order valence-electron chi connectivity index (χ3n) is 4.96. The Labute approximate surface area is 158 Å². The van der Waals surface area contributed by atoms with Crippen molar-refractivity contribution < 1.29 is 19.0 Å². The van der Waals surface area contributed by atoms with Gasteiger partial charge in [-0.15, -0.1) is 0 Å². The van der Waals surface area contributed by atoms with Crippen LogP contribution < -0.4 is 9.47 Å². The average molecular weight is 369 g/mol. The second-order valence-corrected chi connectivity index (χ2v) is 7.15. The van der Waals surface area contributed by atoms with Crippen molar-refractivity contribution in [2.24, 2.45) is 0 Å². The van der Waals surface area contributed by atoms with Crippen LogP contribution in [0.5, 0.6) is 11.8 Å². The average Bonchev–Trinajstić information content (AvgIpc) is 2.66. The fourth-order valence-corrected chi connectivity index (χ4v) is 3.50. The minimum Gasteiger partial charge on any atom is -0.484 e. The van der Waals surface area contributed by atoms with Gasteiger partial charge in [0.15, 0.2) is 6.61 Å². The lowest BCUT2D eigenvalue weighted by molar-refractivity contribution is -0.194. The number of ether oxygens (including phenoxy) is 3. The number of aromatic nitrogens is 2. The van der Waals surface area contributed by atoms with Gasteiger partial charge in [-0.1, -0.05) is 17.7 Å². The van der Waals surface area contributed by atoms with Gasteiger partial charge in [-0.05, 0) is 25.1 Å². The molecule has 0 N–H and O–H groups in total. The van der Waals surface area contributed by atoms with Gasteiger partial charge in [0.05, 0.1) is 19.7 Å². The van der Waals surface area contributed by atoms with Crippen LogP contribution in [0.1, 0.15) is 18.4 Å². The summed E-state index contributed by atoms with van der Waals surface area (Å²) >= 11 is 0. The molecule has 2 saturated heterocycles. The molecule has 2 aliphatic rings. The van der Waals surface area contributed by atoms with E-state index in [2.05, 4.69) is 9.97 Å². The van der Waals surface area contributed by atoms with Gasteiger partial charge in [0.1, 0.15) is 17.5 Å². The van der Waals surface area contributed by atoms with E-state index in [0.717, 1.165) is 18.4 Å². The van der Waals surface area contributed by atoms with Gasteiger partial charge in [-0.25, -0.2) is 9.97 Å². The normalized spacial score (nSPS) is 20.8. The summed E-state index contributed by atoms with van der Waals surface area (Å²) in [6, 6.07) is 9.82. The third-order valence-corrected chi connectivity index (χ3v) is 4.96. The number of benzene rings is 1. The molecule has 7 heteroatoms. The quantitative estimate of drug-likeness (QED) is 0.803. The van der Waals surface area contributed by atoms with E-state index >= 15 is 0 Å². The van der Waals surface area contributed by atoms with Crippen LogP contribution in [-0.2, 0) is 9.53 Å². The van der Waals surface area contributed by atoms with Gasteiger partial charge in [-0.2, -0.15) is 0 Å². The molecule has 1 spiro atoms. The summed E-state index contributed by atoms with van der Waals surface area (Å²) < 4.78 is 17.4. The van der Waals surface area contributed by atoms with E-state index in [1.165, 1.54) is 0 Å². The zero-order valence-corrected chi connectivity index (χ0v) is 15.3. The molecule has 142 valence electrons. The number of hydrogen-bond acceptors (Lipinski definition) is 6. The molecule has 7 nitrogen and oxygen atoms in total. The molecular formula is C20H23N3O4. The largest absolute Gasteiger partial charge is 0.484 e. The van der Waals surface area contributed by atoms with Crippen LogP contribution in [0.25, 0.3) is 0 Å². The van der Waals surface area contributed by atoms with E-state index in [-0.39, 0.29) is 24.2 Å². The fraction of sp³-hybridized carbons (Fsp3) is 0.450. The highest BCUT2D eigenvalue weighted by atomic mass is 16.5. The minimum atomic E-state index is -0.322. The Morgan fingerprint density at radius 3 is 2.74 bits per heavy atom. The Morgan fingerprint density at radius 2 is 2.00 bits per heavy atom. The van der Waals surface area contributed by atoms with Crippen LogP contribution in [0.2, 0.25) is 0 Å². The molecule has 0 unspecified atom stereocenters. The van der Waals surface area contributed by atoms with E-state index < -0.39 is 0 Å². The molecule has 0 saturated carbocycles. The summed E-state index contributed by atoms with van der Waals surface area (Å²) in [5, 5.41) is 0. The molecule has 1 amide bonds. The van der Waals surface area contributed by atoms with Crippen molar-refractivity contribution in [3.63, 3.8) is 0 Å². The first-order valence-corrected chi connectivity index (χ1v) is 9.17. The lowest BCUT2D eigenvalue weighted by Gasteiger charge is -2.52. The molecule has 27 heavy (non-hydrogen) atoms. The zero-order valence-electron chi connectivity index (χ0n) is 15.3. The van der Waals surface area contributed by atoms with Crippen LogP contribution >= 0.6 is 0 Å². The number of carbonyl (C=O) groups excluding carboxylic acids is 1. The third kappa shape index (κ3) is 4.19. The summed E-state index contributed by atoms with van der Waals surface area (Å²) in [6.45, 7) is 3.80. The SMILES string of the molecule is Cc1ccc(OCC(=O)N2CC3(C[C@H](Oc4ncccn4)CCO3)C2)cc1. The number of carbonyl (C=O) groups is 1. The standard InChI is InChI=1S/C20H23N3O4/c1-15-3-5-16(6-4-15)25-12-18(24)23-13-20(14-23)11-17(7-10-26-20)27-19-21-8-2-9-22-19/h2-6,8-9,17H,7,10-14H2,1H3/t17-/m1/s1. The molecule has 0 aliphatic carbocycles. The molecule has 0 bridgehead atoms. The summed E-state index contributed by atoms with van der Waals surface area (Å²) in [5.74, 6) is 0.675. The van der Waals surface area contributed by atoms with Gasteiger partial charge in [-0.3, -0.25) is 4.79 Å². The Kier molecular flexibility index (Phi) is 4.94. The number of aryl methyl sites for hydroxylation is 1. The van der Waals surface area contributed by atoms with Crippen molar-refractivity contribution in [1.82, 2.24) is 14.9 Å².